The van der Waals surface area contributed by atoms with E-state index in [1.807, 2.05) is 6.92 Å². The Kier molecular flexibility index (Phi) is 12.8. The summed E-state index contributed by atoms with van der Waals surface area (Å²) in [6, 6.07) is 0. The van der Waals surface area contributed by atoms with E-state index >= 15 is 0 Å². The van der Waals surface area contributed by atoms with Gasteiger partial charge in [0.25, 0.3) is 0 Å². The molecule has 2 nitrogen and oxygen atoms in total. The molecule has 0 fully saturated rings. The first kappa shape index (κ1) is 13.4. The van der Waals surface area contributed by atoms with Gasteiger partial charge in [0.05, 0.1) is 6.61 Å². The third-order valence-electron chi connectivity index (χ3n) is 1.86. The van der Waals surface area contributed by atoms with Crippen molar-refractivity contribution in [2.45, 2.75) is 32.6 Å². The highest BCUT2D eigenvalue weighted by atomic mass is 79.9. The van der Waals surface area contributed by atoms with Crippen LogP contribution in [0.5, 0.6) is 0 Å². The van der Waals surface area contributed by atoms with Gasteiger partial charge in [-0.1, -0.05) is 28.8 Å². The Morgan fingerprint density at radius 3 is 2.54 bits per heavy atom. The Balaban J connectivity index is 2.76. The first-order chi connectivity index (χ1) is 6.41. The zero-order chi connectivity index (χ0) is 9.78. The second-order valence-electron chi connectivity index (χ2n) is 3.05. The van der Waals surface area contributed by atoms with Crippen molar-refractivity contribution >= 4 is 15.9 Å². The molecule has 0 atom stereocenters. The summed E-state index contributed by atoms with van der Waals surface area (Å²) in [5, 5.41) is 4.50. The molecule has 0 aromatic carbocycles. The van der Waals surface area contributed by atoms with Gasteiger partial charge in [-0.25, -0.2) is 0 Å². The molecule has 0 aromatic rings. The van der Waals surface area contributed by atoms with Crippen molar-refractivity contribution < 1.29 is 4.74 Å². The maximum atomic E-state index is 5.21. The van der Waals surface area contributed by atoms with Crippen LogP contribution in [0.15, 0.2) is 0 Å². The molecule has 0 spiro atoms. The minimum absolute atomic E-state index is 0.826. The molecule has 80 valence electrons. The lowest BCUT2D eigenvalue weighted by Gasteiger charge is -2.04. The molecule has 0 bridgehead atoms. The van der Waals surface area contributed by atoms with E-state index in [1.165, 1.54) is 25.7 Å². The third-order valence-corrected chi connectivity index (χ3v) is 2.43. The van der Waals surface area contributed by atoms with E-state index in [-0.39, 0.29) is 0 Å². The Hall–Kier alpha value is 0.400. The van der Waals surface area contributed by atoms with Crippen LogP contribution in [0.25, 0.3) is 0 Å². The molecule has 0 aliphatic heterocycles. The van der Waals surface area contributed by atoms with Crippen molar-refractivity contribution in [1.29, 1.82) is 0 Å². The van der Waals surface area contributed by atoms with Crippen LogP contribution < -0.4 is 5.32 Å². The van der Waals surface area contributed by atoms with Gasteiger partial charge in [-0.2, -0.15) is 0 Å². The summed E-state index contributed by atoms with van der Waals surface area (Å²) < 4.78 is 5.21. The molecule has 13 heavy (non-hydrogen) atoms. The van der Waals surface area contributed by atoms with Gasteiger partial charge in [-0.05, 0) is 26.3 Å². The fourth-order valence-electron chi connectivity index (χ4n) is 1.11. The van der Waals surface area contributed by atoms with Crippen molar-refractivity contribution in [3.63, 3.8) is 0 Å². The summed E-state index contributed by atoms with van der Waals surface area (Å²) >= 11 is 3.43. The normalized spacial score (nSPS) is 10.6. The second kappa shape index (κ2) is 12.4. The van der Waals surface area contributed by atoms with E-state index < -0.39 is 0 Å². The Morgan fingerprint density at radius 1 is 1.08 bits per heavy atom. The molecule has 0 amide bonds. The number of hydrogen-bond acceptors (Lipinski definition) is 2. The number of rotatable bonds is 10. The molecule has 0 rings (SSSR count). The minimum Gasteiger partial charge on any atom is -0.380 e. The Labute approximate surface area is 90.6 Å². The molecule has 0 aromatic heterocycles. The number of unbranched alkanes of at least 4 members (excludes halogenated alkanes) is 3. The number of ether oxygens (including phenoxy) is 1. The second-order valence-corrected chi connectivity index (χ2v) is 3.84. The highest BCUT2D eigenvalue weighted by Gasteiger charge is 1.89. The molecule has 0 aliphatic carbocycles. The molecular weight excluding hydrogens is 230 g/mol. The molecule has 0 saturated carbocycles. The third kappa shape index (κ3) is 12.4. The number of hydrogen-bond donors (Lipinski definition) is 1. The van der Waals surface area contributed by atoms with E-state index in [0.717, 1.165) is 31.6 Å². The van der Waals surface area contributed by atoms with E-state index in [9.17, 15) is 0 Å². The highest BCUT2D eigenvalue weighted by Crippen LogP contribution is 2.00. The number of alkyl halides is 1. The summed E-state index contributed by atoms with van der Waals surface area (Å²) in [6.45, 7) is 5.83. The summed E-state index contributed by atoms with van der Waals surface area (Å²) in [7, 11) is 0. The van der Waals surface area contributed by atoms with Crippen LogP contribution >= 0.6 is 15.9 Å². The van der Waals surface area contributed by atoms with Crippen molar-refractivity contribution in [2.24, 2.45) is 0 Å². The standard InChI is InChI=1S/C10H22BrNO/c1-2-13-10-9-12-8-6-4-3-5-7-11/h12H,2-10H2,1H3. The number of halogens is 1. The van der Waals surface area contributed by atoms with Gasteiger partial charge in [0, 0.05) is 18.5 Å². The van der Waals surface area contributed by atoms with Gasteiger partial charge in [0.15, 0.2) is 0 Å². The molecule has 0 aliphatic rings. The first-order valence-electron chi connectivity index (χ1n) is 5.26. The Bertz CT molecular complexity index is 81.0. The quantitative estimate of drug-likeness (QED) is 0.476. The van der Waals surface area contributed by atoms with Crippen LogP contribution in [0, 0.1) is 0 Å². The fourth-order valence-corrected chi connectivity index (χ4v) is 1.51. The van der Waals surface area contributed by atoms with Crippen LogP contribution in [-0.4, -0.2) is 31.6 Å². The van der Waals surface area contributed by atoms with Gasteiger partial charge >= 0.3 is 0 Å². The minimum atomic E-state index is 0.826. The maximum Gasteiger partial charge on any atom is 0.0590 e. The lowest BCUT2D eigenvalue weighted by Crippen LogP contribution is -2.20. The molecule has 1 N–H and O–H groups in total. The molecule has 0 saturated heterocycles. The summed E-state index contributed by atoms with van der Waals surface area (Å²) in [5.74, 6) is 0. The molecule has 3 heteroatoms. The molecule has 0 radical (unpaired) electrons. The van der Waals surface area contributed by atoms with Crippen molar-refractivity contribution in [2.75, 3.05) is 31.6 Å². The lowest BCUT2D eigenvalue weighted by molar-refractivity contribution is 0.149. The number of nitrogens with one attached hydrogen (secondary N) is 1. The largest absolute Gasteiger partial charge is 0.380 e. The van der Waals surface area contributed by atoms with Crippen molar-refractivity contribution in [1.82, 2.24) is 5.32 Å². The average molecular weight is 252 g/mol. The first-order valence-corrected chi connectivity index (χ1v) is 6.38. The van der Waals surface area contributed by atoms with Crippen molar-refractivity contribution in [3.05, 3.63) is 0 Å². The van der Waals surface area contributed by atoms with Crippen LogP contribution in [0.2, 0.25) is 0 Å². The monoisotopic (exact) mass is 251 g/mol. The van der Waals surface area contributed by atoms with E-state index in [4.69, 9.17) is 4.74 Å². The Morgan fingerprint density at radius 2 is 1.85 bits per heavy atom. The van der Waals surface area contributed by atoms with E-state index in [1.54, 1.807) is 0 Å². The SMILES string of the molecule is CCOCCNCCCCCCBr. The van der Waals surface area contributed by atoms with E-state index in [2.05, 4.69) is 21.2 Å². The summed E-state index contributed by atoms with van der Waals surface area (Å²) in [5.41, 5.74) is 0. The van der Waals surface area contributed by atoms with Crippen LogP contribution in [-0.2, 0) is 4.74 Å². The van der Waals surface area contributed by atoms with E-state index in [0.29, 0.717) is 0 Å². The van der Waals surface area contributed by atoms with Crippen LogP contribution in [0.4, 0.5) is 0 Å². The fraction of sp³-hybridized carbons (Fsp3) is 1.00. The van der Waals surface area contributed by atoms with Crippen LogP contribution in [0.1, 0.15) is 32.6 Å². The maximum absolute atomic E-state index is 5.21. The van der Waals surface area contributed by atoms with Gasteiger partial charge in [-0.15, -0.1) is 0 Å². The summed E-state index contributed by atoms with van der Waals surface area (Å²) in [4.78, 5) is 0. The highest BCUT2D eigenvalue weighted by molar-refractivity contribution is 9.09. The zero-order valence-corrected chi connectivity index (χ0v) is 10.2. The van der Waals surface area contributed by atoms with Gasteiger partial charge < -0.3 is 10.1 Å². The zero-order valence-electron chi connectivity index (χ0n) is 8.65. The van der Waals surface area contributed by atoms with Crippen molar-refractivity contribution in [3.8, 4) is 0 Å². The predicted molar refractivity (Wildman–Crippen MR) is 61.6 cm³/mol. The molecule has 0 unspecified atom stereocenters. The van der Waals surface area contributed by atoms with Gasteiger partial charge in [0.2, 0.25) is 0 Å². The molecular formula is C10H22BrNO. The lowest BCUT2D eigenvalue weighted by atomic mass is 10.2. The molecule has 0 heterocycles. The van der Waals surface area contributed by atoms with Gasteiger partial charge in [-0.3, -0.25) is 0 Å². The average Bonchev–Trinajstić information content (AvgIpc) is 2.16. The smallest absolute Gasteiger partial charge is 0.0590 e. The predicted octanol–water partition coefficient (Wildman–Crippen LogP) is 2.57. The summed E-state index contributed by atoms with van der Waals surface area (Å²) in [6.07, 6.45) is 5.28. The van der Waals surface area contributed by atoms with Gasteiger partial charge in [0.1, 0.15) is 0 Å². The van der Waals surface area contributed by atoms with Crippen LogP contribution in [0.3, 0.4) is 0 Å². The topological polar surface area (TPSA) is 21.3 Å².